The number of benzene rings is 2. The molecule has 8 heteroatoms. The molecule has 0 bridgehead atoms. The van der Waals surface area contributed by atoms with Gasteiger partial charge in [-0.05, 0) is 55.8 Å². The lowest BCUT2D eigenvalue weighted by Crippen LogP contribution is -2.31. The van der Waals surface area contributed by atoms with E-state index in [0.29, 0.717) is 22.8 Å². The van der Waals surface area contributed by atoms with Crippen molar-refractivity contribution >= 4 is 27.8 Å². The Balaban J connectivity index is 1.51. The summed E-state index contributed by atoms with van der Waals surface area (Å²) in [6.07, 6.45) is 0. The van der Waals surface area contributed by atoms with E-state index in [9.17, 15) is 9.59 Å². The van der Waals surface area contributed by atoms with Gasteiger partial charge in [0.05, 0.1) is 11.6 Å². The zero-order valence-electron chi connectivity index (χ0n) is 15.3. The van der Waals surface area contributed by atoms with Gasteiger partial charge in [0, 0.05) is 10.0 Å². The lowest BCUT2D eigenvalue weighted by atomic mass is 10.1. The molecular weight excluding hydrogens is 426 g/mol. The Morgan fingerprint density at radius 1 is 1.14 bits per heavy atom. The van der Waals surface area contributed by atoms with Gasteiger partial charge in [-0.1, -0.05) is 33.2 Å². The van der Waals surface area contributed by atoms with Crippen molar-refractivity contribution in [2.45, 2.75) is 19.9 Å². The quantitative estimate of drug-likeness (QED) is 0.581. The zero-order valence-corrected chi connectivity index (χ0v) is 16.9. The van der Waals surface area contributed by atoms with Crippen molar-refractivity contribution in [1.29, 1.82) is 0 Å². The van der Waals surface area contributed by atoms with Crippen molar-refractivity contribution in [3.63, 3.8) is 0 Å². The second-order valence-electron chi connectivity index (χ2n) is 6.14. The predicted octanol–water partition coefficient (Wildman–Crippen LogP) is 3.84. The highest BCUT2D eigenvalue weighted by molar-refractivity contribution is 9.10. The number of nitrogens with zero attached hydrogens (tertiary/aromatic N) is 2. The first-order chi connectivity index (χ1) is 13.4. The number of aromatic nitrogens is 2. The number of nitrogens with one attached hydrogen (secondary N) is 1. The van der Waals surface area contributed by atoms with Gasteiger partial charge >= 0.3 is 5.97 Å². The van der Waals surface area contributed by atoms with Crippen LogP contribution >= 0.6 is 15.9 Å². The number of hydrogen-bond donors (Lipinski definition) is 1. The van der Waals surface area contributed by atoms with Crippen molar-refractivity contribution in [1.82, 2.24) is 15.5 Å². The molecule has 144 valence electrons. The highest BCUT2D eigenvalue weighted by Crippen LogP contribution is 2.18. The van der Waals surface area contributed by atoms with Crippen LogP contribution in [0.3, 0.4) is 0 Å². The largest absolute Gasteiger partial charge is 0.452 e. The highest BCUT2D eigenvalue weighted by Gasteiger charge is 2.14. The van der Waals surface area contributed by atoms with Crippen LogP contribution in [0.25, 0.3) is 11.5 Å². The van der Waals surface area contributed by atoms with Gasteiger partial charge in [-0.25, -0.2) is 4.79 Å². The molecule has 0 saturated heterocycles. The van der Waals surface area contributed by atoms with Gasteiger partial charge in [0.25, 0.3) is 11.8 Å². The summed E-state index contributed by atoms with van der Waals surface area (Å²) in [4.78, 5) is 28.3. The fourth-order valence-corrected chi connectivity index (χ4v) is 2.76. The minimum Gasteiger partial charge on any atom is -0.452 e. The standard InChI is InChI=1S/C20H18BrN3O4/c1-12(14-7-9-17(21)10-8-14)22-18(25)11-27-20(26)16-5-3-15(4-6-16)19-23-13(2)24-28-19/h3-10,12H,11H2,1-2H3,(H,22,25). The van der Waals surface area contributed by atoms with Gasteiger partial charge in [-0.3, -0.25) is 4.79 Å². The van der Waals surface area contributed by atoms with Gasteiger partial charge in [0.2, 0.25) is 0 Å². The molecule has 0 spiro atoms. The number of rotatable bonds is 6. The lowest BCUT2D eigenvalue weighted by molar-refractivity contribution is -0.124. The molecule has 1 unspecified atom stereocenters. The average Bonchev–Trinajstić information content (AvgIpc) is 3.13. The first-order valence-electron chi connectivity index (χ1n) is 8.55. The van der Waals surface area contributed by atoms with Crippen LogP contribution in [-0.4, -0.2) is 28.6 Å². The molecular formula is C20H18BrN3O4. The van der Waals surface area contributed by atoms with Crippen molar-refractivity contribution < 1.29 is 18.8 Å². The molecule has 7 nitrogen and oxygen atoms in total. The van der Waals surface area contributed by atoms with Gasteiger partial charge in [-0.15, -0.1) is 0 Å². The summed E-state index contributed by atoms with van der Waals surface area (Å²) in [7, 11) is 0. The Morgan fingerprint density at radius 3 is 2.43 bits per heavy atom. The Kier molecular flexibility index (Phi) is 6.20. The third-order valence-corrected chi connectivity index (χ3v) is 4.51. The second kappa shape index (κ2) is 8.79. The van der Waals surface area contributed by atoms with E-state index in [4.69, 9.17) is 9.26 Å². The zero-order chi connectivity index (χ0) is 20.1. The summed E-state index contributed by atoms with van der Waals surface area (Å²) in [6, 6.07) is 13.9. The molecule has 28 heavy (non-hydrogen) atoms. The molecule has 3 rings (SSSR count). The lowest BCUT2D eigenvalue weighted by Gasteiger charge is -2.14. The van der Waals surface area contributed by atoms with Crippen LogP contribution in [0.15, 0.2) is 57.5 Å². The molecule has 1 amide bonds. The first kappa shape index (κ1) is 19.8. The van der Waals surface area contributed by atoms with Crippen molar-refractivity contribution in [2.75, 3.05) is 6.61 Å². The third kappa shape index (κ3) is 5.04. The maximum absolute atomic E-state index is 12.1. The molecule has 1 N–H and O–H groups in total. The maximum atomic E-state index is 12.1. The van der Waals surface area contributed by atoms with Gasteiger partial charge in [0.15, 0.2) is 12.4 Å². The molecule has 0 saturated carbocycles. The van der Waals surface area contributed by atoms with Crippen LogP contribution < -0.4 is 5.32 Å². The van der Waals surface area contributed by atoms with E-state index in [-0.39, 0.29) is 18.6 Å². The van der Waals surface area contributed by atoms with Gasteiger partial charge < -0.3 is 14.6 Å². The molecule has 0 radical (unpaired) electrons. The van der Waals surface area contributed by atoms with Crippen LogP contribution in [-0.2, 0) is 9.53 Å². The van der Waals surface area contributed by atoms with Gasteiger partial charge in [0.1, 0.15) is 0 Å². The fourth-order valence-electron chi connectivity index (χ4n) is 2.50. The minimum absolute atomic E-state index is 0.198. The molecule has 0 fully saturated rings. The predicted molar refractivity (Wildman–Crippen MR) is 105 cm³/mol. The monoisotopic (exact) mass is 443 g/mol. The molecule has 1 aromatic heterocycles. The summed E-state index contributed by atoms with van der Waals surface area (Å²) in [5, 5.41) is 6.52. The molecule has 0 aliphatic rings. The van der Waals surface area contributed by atoms with Crippen LogP contribution in [0, 0.1) is 6.92 Å². The summed E-state index contributed by atoms with van der Waals surface area (Å²) >= 11 is 3.37. The van der Waals surface area contributed by atoms with E-state index < -0.39 is 5.97 Å². The summed E-state index contributed by atoms with van der Waals surface area (Å²) < 4.78 is 11.1. The number of hydrogen-bond acceptors (Lipinski definition) is 6. The Morgan fingerprint density at radius 2 is 1.82 bits per heavy atom. The van der Waals surface area contributed by atoms with E-state index >= 15 is 0 Å². The first-order valence-corrected chi connectivity index (χ1v) is 9.34. The van der Waals surface area contributed by atoms with Crippen LogP contribution in [0.1, 0.15) is 34.7 Å². The van der Waals surface area contributed by atoms with Gasteiger partial charge in [-0.2, -0.15) is 4.98 Å². The van der Waals surface area contributed by atoms with Crippen molar-refractivity contribution in [2.24, 2.45) is 0 Å². The third-order valence-electron chi connectivity index (χ3n) is 3.98. The van der Waals surface area contributed by atoms with Crippen LogP contribution in [0.5, 0.6) is 0 Å². The smallest absolute Gasteiger partial charge is 0.338 e. The SMILES string of the molecule is Cc1noc(-c2ccc(C(=O)OCC(=O)NC(C)c3ccc(Br)cc3)cc2)n1. The molecule has 1 heterocycles. The number of carbonyl (C=O) groups excluding carboxylic acids is 2. The van der Waals surface area contributed by atoms with Crippen molar-refractivity contribution in [3.05, 3.63) is 70.0 Å². The van der Waals surface area contributed by atoms with E-state index in [1.54, 1.807) is 31.2 Å². The maximum Gasteiger partial charge on any atom is 0.338 e. The number of halogens is 1. The van der Waals surface area contributed by atoms with Crippen molar-refractivity contribution in [3.8, 4) is 11.5 Å². The summed E-state index contributed by atoms with van der Waals surface area (Å²) in [5.74, 6) is -0.0537. The van der Waals surface area contributed by atoms with Crippen LogP contribution in [0.2, 0.25) is 0 Å². The topological polar surface area (TPSA) is 94.3 Å². The molecule has 2 aromatic carbocycles. The van der Waals surface area contributed by atoms with E-state index in [0.717, 1.165) is 10.0 Å². The molecule has 1 atom stereocenters. The number of esters is 1. The summed E-state index contributed by atoms with van der Waals surface area (Å²) in [5.41, 5.74) is 1.97. The van der Waals surface area contributed by atoms with Crippen LogP contribution in [0.4, 0.5) is 0 Å². The Labute approximate surface area is 170 Å². The minimum atomic E-state index is -0.584. The molecule has 0 aliphatic heterocycles. The number of ether oxygens (including phenoxy) is 1. The van der Waals surface area contributed by atoms with E-state index in [2.05, 4.69) is 31.4 Å². The second-order valence-corrected chi connectivity index (χ2v) is 7.06. The molecule has 0 aliphatic carbocycles. The number of carbonyl (C=O) groups is 2. The molecule has 3 aromatic rings. The Hall–Kier alpha value is -3.00. The van der Waals surface area contributed by atoms with E-state index in [1.165, 1.54) is 0 Å². The Bertz CT molecular complexity index is 968. The normalized spacial score (nSPS) is 11.7. The number of amides is 1. The summed E-state index contributed by atoms with van der Waals surface area (Å²) in [6.45, 7) is 3.23. The highest BCUT2D eigenvalue weighted by atomic mass is 79.9. The number of aryl methyl sites for hydroxylation is 1. The fraction of sp³-hybridized carbons (Fsp3) is 0.200. The average molecular weight is 444 g/mol. The van der Waals surface area contributed by atoms with E-state index in [1.807, 2.05) is 31.2 Å².